The maximum Gasteiger partial charge on any atom is 0.257 e. The zero-order valence-electron chi connectivity index (χ0n) is 14.5. The fourth-order valence-electron chi connectivity index (χ4n) is 2.63. The fourth-order valence-corrected chi connectivity index (χ4v) is 2.63. The monoisotopic (exact) mass is 354 g/mol. The van der Waals surface area contributed by atoms with Crippen LogP contribution in [0.2, 0.25) is 0 Å². The summed E-state index contributed by atoms with van der Waals surface area (Å²) in [6.45, 7) is 2.23. The van der Waals surface area contributed by atoms with Gasteiger partial charge in [0.15, 0.2) is 0 Å². The Balaban J connectivity index is 1.95. The second-order valence-corrected chi connectivity index (χ2v) is 5.64. The number of aromatic nitrogens is 3. The van der Waals surface area contributed by atoms with Crippen LogP contribution in [-0.4, -0.2) is 27.0 Å². The molecule has 0 bridgehead atoms. The molecule has 3 aromatic rings. The Labute approximate surface area is 150 Å². The van der Waals surface area contributed by atoms with E-state index in [2.05, 4.69) is 15.3 Å². The van der Waals surface area contributed by atoms with Crippen LogP contribution in [0.15, 0.2) is 55.0 Å². The van der Waals surface area contributed by atoms with E-state index in [9.17, 15) is 9.18 Å². The number of pyridine rings is 1. The first-order valence-corrected chi connectivity index (χ1v) is 8.21. The van der Waals surface area contributed by atoms with Crippen molar-refractivity contribution >= 4 is 5.91 Å². The van der Waals surface area contributed by atoms with Crippen molar-refractivity contribution in [1.29, 1.82) is 0 Å². The molecule has 1 amide bonds. The first-order valence-electron chi connectivity index (χ1n) is 8.21. The number of rotatable bonds is 6. The molecular formula is C19H19FN4O2. The SMILES string of the molecule is CCOc1ncccc1C(=O)NC(c1ccc(F)cc1)c1nccn1C. The molecule has 0 radical (unpaired) electrons. The van der Waals surface area contributed by atoms with Crippen molar-refractivity contribution in [2.45, 2.75) is 13.0 Å². The third kappa shape index (κ3) is 3.72. The Morgan fingerprint density at radius 1 is 1.23 bits per heavy atom. The van der Waals surface area contributed by atoms with Crippen LogP contribution in [0.3, 0.4) is 0 Å². The minimum absolute atomic E-state index is 0.269. The summed E-state index contributed by atoms with van der Waals surface area (Å²) in [5.41, 5.74) is 1.05. The van der Waals surface area contributed by atoms with Gasteiger partial charge in [0, 0.05) is 25.6 Å². The van der Waals surface area contributed by atoms with Gasteiger partial charge in [0.1, 0.15) is 23.2 Å². The Hall–Kier alpha value is -3.22. The van der Waals surface area contributed by atoms with Crippen LogP contribution in [-0.2, 0) is 7.05 Å². The Morgan fingerprint density at radius 3 is 2.65 bits per heavy atom. The molecule has 6 nitrogen and oxygen atoms in total. The van der Waals surface area contributed by atoms with Crippen LogP contribution < -0.4 is 10.1 Å². The van der Waals surface area contributed by atoms with Crippen LogP contribution in [0, 0.1) is 5.82 Å². The standard InChI is InChI=1S/C19H19FN4O2/c1-3-26-19-15(5-4-10-22-19)18(25)23-16(17-21-11-12-24(17)2)13-6-8-14(20)9-7-13/h4-12,16H,3H2,1-2H3,(H,23,25). The summed E-state index contributed by atoms with van der Waals surface area (Å²) in [4.78, 5) is 21.3. The van der Waals surface area contributed by atoms with Crippen molar-refractivity contribution in [3.8, 4) is 5.88 Å². The second kappa shape index (κ2) is 7.77. The van der Waals surface area contributed by atoms with E-state index >= 15 is 0 Å². The minimum atomic E-state index is -0.544. The zero-order chi connectivity index (χ0) is 18.5. The van der Waals surface area contributed by atoms with E-state index < -0.39 is 6.04 Å². The largest absolute Gasteiger partial charge is 0.477 e. The Kier molecular flexibility index (Phi) is 5.26. The lowest BCUT2D eigenvalue weighted by Crippen LogP contribution is -2.31. The maximum absolute atomic E-state index is 13.3. The number of nitrogens with zero attached hydrogens (tertiary/aromatic N) is 3. The summed E-state index contributed by atoms with van der Waals surface area (Å²) in [5.74, 6) is 0.209. The van der Waals surface area contributed by atoms with E-state index in [4.69, 9.17) is 4.74 Å². The van der Waals surface area contributed by atoms with Crippen molar-refractivity contribution in [3.63, 3.8) is 0 Å². The number of benzene rings is 1. The molecule has 0 saturated heterocycles. The topological polar surface area (TPSA) is 69.0 Å². The van der Waals surface area contributed by atoms with Gasteiger partial charge in [-0.1, -0.05) is 12.1 Å². The molecule has 2 aromatic heterocycles. The number of halogens is 1. The molecule has 7 heteroatoms. The van der Waals surface area contributed by atoms with E-state index in [-0.39, 0.29) is 17.6 Å². The normalized spacial score (nSPS) is 11.8. The number of ether oxygens (including phenoxy) is 1. The van der Waals surface area contributed by atoms with E-state index in [0.717, 1.165) is 5.56 Å². The molecule has 1 unspecified atom stereocenters. The molecule has 1 atom stereocenters. The van der Waals surface area contributed by atoms with E-state index in [0.29, 0.717) is 18.0 Å². The first-order chi connectivity index (χ1) is 12.6. The molecule has 0 aliphatic carbocycles. The number of carbonyl (C=O) groups is 1. The molecule has 26 heavy (non-hydrogen) atoms. The van der Waals surface area contributed by atoms with Crippen LogP contribution in [0.1, 0.15) is 34.7 Å². The van der Waals surface area contributed by atoms with Gasteiger partial charge in [0.05, 0.1) is 6.61 Å². The van der Waals surface area contributed by atoms with Crippen molar-refractivity contribution in [3.05, 3.63) is 77.8 Å². The molecule has 134 valence electrons. The van der Waals surface area contributed by atoms with Gasteiger partial charge in [-0.25, -0.2) is 14.4 Å². The molecule has 3 rings (SSSR count). The second-order valence-electron chi connectivity index (χ2n) is 5.64. The summed E-state index contributed by atoms with van der Waals surface area (Å²) >= 11 is 0. The number of amides is 1. The highest BCUT2D eigenvalue weighted by atomic mass is 19.1. The molecule has 0 saturated carbocycles. The summed E-state index contributed by atoms with van der Waals surface area (Å²) in [6.07, 6.45) is 5.00. The summed E-state index contributed by atoms with van der Waals surface area (Å²) in [7, 11) is 1.83. The molecule has 2 heterocycles. The van der Waals surface area contributed by atoms with E-state index in [1.165, 1.54) is 12.1 Å². The van der Waals surface area contributed by atoms with Gasteiger partial charge in [-0.3, -0.25) is 4.79 Å². The minimum Gasteiger partial charge on any atom is -0.477 e. The quantitative estimate of drug-likeness (QED) is 0.739. The molecule has 1 aromatic carbocycles. The van der Waals surface area contributed by atoms with Gasteiger partial charge in [0.25, 0.3) is 5.91 Å². The van der Waals surface area contributed by atoms with Crippen LogP contribution in [0.5, 0.6) is 5.88 Å². The molecule has 0 spiro atoms. The highest BCUT2D eigenvalue weighted by Crippen LogP contribution is 2.23. The molecule has 1 N–H and O–H groups in total. The maximum atomic E-state index is 13.3. The number of carbonyl (C=O) groups excluding carboxylic acids is 1. The Morgan fingerprint density at radius 2 is 2.00 bits per heavy atom. The number of imidazole rings is 1. The van der Waals surface area contributed by atoms with E-state index in [1.54, 1.807) is 47.4 Å². The molecule has 0 fully saturated rings. The lowest BCUT2D eigenvalue weighted by Gasteiger charge is -2.20. The van der Waals surface area contributed by atoms with Crippen LogP contribution in [0.25, 0.3) is 0 Å². The predicted molar refractivity (Wildman–Crippen MR) is 94.3 cm³/mol. The third-order valence-electron chi connectivity index (χ3n) is 3.89. The fraction of sp³-hybridized carbons (Fsp3) is 0.211. The van der Waals surface area contributed by atoms with Crippen LogP contribution in [0.4, 0.5) is 4.39 Å². The van der Waals surface area contributed by atoms with Crippen molar-refractivity contribution in [2.75, 3.05) is 6.61 Å². The highest BCUT2D eigenvalue weighted by molar-refractivity contribution is 5.96. The summed E-state index contributed by atoms with van der Waals surface area (Å²) < 4.78 is 20.5. The molecule has 0 aliphatic heterocycles. The first kappa shape index (κ1) is 17.6. The van der Waals surface area contributed by atoms with Gasteiger partial charge in [-0.2, -0.15) is 0 Å². The van der Waals surface area contributed by atoms with E-state index in [1.807, 2.05) is 14.0 Å². The highest BCUT2D eigenvalue weighted by Gasteiger charge is 2.23. The Bertz CT molecular complexity index is 893. The number of aryl methyl sites for hydroxylation is 1. The summed E-state index contributed by atoms with van der Waals surface area (Å²) in [5, 5.41) is 2.95. The van der Waals surface area contributed by atoms with Gasteiger partial charge < -0.3 is 14.6 Å². The third-order valence-corrected chi connectivity index (χ3v) is 3.89. The van der Waals surface area contributed by atoms with Gasteiger partial charge in [0.2, 0.25) is 5.88 Å². The smallest absolute Gasteiger partial charge is 0.257 e. The lowest BCUT2D eigenvalue weighted by molar-refractivity contribution is 0.0936. The number of hydrogen-bond acceptors (Lipinski definition) is 4. The van der Waals surface area contributed by atoms with Gasteiger partial charge >= 0.3 is 0 Å². The number of nitrogens with one attached hydrogen (secondary N) is 1. The summed E-state index contributed by atoms with van der Waals surface area (Å²) in [6, 6.07) is 8.74. The average Bonchev–Trinajstić information content (AvgIpc) is 3.07. The van der Waals surface area contributed by atoms with Crippen molar-refractivity contribution < 1.29 is 13.9 Å². The zero-order valence-corrected chi connectivity index (χ0v) is 14.5. The van der Waals surface area contributed by atoms with Crippen molar-refractivity contribution in [1.82, 2.24) is 19.9 Å². The lowest BCUT2D eigenvalue weighted by atomic mass is 10.1. The average molecular weight is 354 g/mol. The number of hydrogen-bond donors (Lipinski definition) is 1. The van der Waals surface area contributed by atoms with Gasteiger partial charge in [-0.05, 0) is 36.8 Å². The predicted octanol–water partition coefficient (Wildman–Crippen LogP) is 2.87. The van der Waals surface area contributed by atoms with Crippen LogP contribution >= 0.6 is 0 Å². The van der Waals surface area contributed by atoms with Crippen molar-refractivity contribution in [2.24, 2.45) is 7.05 Å². The molecular weight excluding hydrogens is 335 g/mol. The van der Waals surface area contributed by atoms with Gasteiger partial charge in [-0.15, -0.1) is 0 Å². The molecule has 0 aliphatic rings.